The Balaban J connectivity index is 1.95. The Labute approximate surface area is 122 Å². The molecule has 1 saturated heterocycles. The van der Waals surface area contributed by atoms with Crippen molar-refractivity contribution in [2.45, 2.75) is 32.9 Å². The number of nitrogens with zero attached hydrogens (tertiary/aromatic N) is 2. The van der Waals surface area contributed by atoms with E-state index in [-0.39, 0.29) is 0 Å². The molecule has 0 radical (unpaired) electrons. The van der Waals surface area contributed by atoms with Crippen molar-refractivity contribution in [3.8, 4) is 5.75 Å². The summed E-state index contributed by atoms with van der Waals surface area (Å²) in [6.07, 6.45) is 1.26. The van der Waals surface area contributed by atoms with Crippen LogP contribution in [-0.4, -0.2) is 49.1 Å². The summed E-state index contributed by atoms with van der Waals surface area (Å²) in [6, 6.07) is 6.68. The maximum absolute atomic E-state index is 6.10. The van der Waals surface area contributed by atoms with E-state index in [9.17, 15) is 0 Å². The molecule has 0 saturated carbocycles. The number of hydrogen-bond donors (Lipinski definition) is 1. The van der Waals surface area contributed by atoms with Crippen LogP contribution in [0.25, 0.3) is 0 Å². The lowest BCUT2D eigenvalue weighted by molar-refractivity contribution is 0.209. The average molecular weight is 277 g/mol. The van der Waals surface area contributed by atoms with Crippen LogP contribution in [0.2, 0.25) is 0 Å². The van der Waals surface area contributed by atoms with Gasteiger partial charge in [-0.05, 0) is 31.1 Å². The second-order valence-electron chi connectivity index (χ2n) is 5.46. The zero-order chi connectivity index (χ0) is 14.5. The lowest BCUT2D eigenvalue weighted by Crippen LogP contribution is -2.37. The topological polar surface area (TPSA) is 41.7 Å². The summed E-state index contributed by atoms with van der Waals surface area (Å²) < 4.78 is 5.20. The van der Waals surface area contributed by atoms with E-state index in [2.05, 4.69) is 29.7 Å². The first-order chi connectivity index (χ1) is 9.67. The van der Waals surface area contributed by atoms with Crippen molar-refractivity contribution in [1.82, 2.24) is 9.80 Å². The highest BCUT2D eigenvalue weighted by molar-refractivity contribution is 5.51. The Morgan fingerprint density at radius 2 is 2.10 bits per heavy atom. The van der Waals surface area contributed by atoms with Crippen LogP contribution in [0.5, 0.6) is 5.75 Å². The van der Waals surface area contributed by atoms with Crippen LogP contribution in [0.15, 0.2) is 18.2 Å². The summed E-state index contributed by atoms with van der Waals surface area (Å²) in [6.45, 7) is 10.0. The molecule has 1 atom stereocenters. The molecule has 0 aliphatic carbocycles. The Hall–Kier alpha value is -1.26. The highest BCUT2D eigenvalue weighted by Gasteiger charge is 2.26. The van der Waals surface area contributed by atoms with E-state index in [4.69, 9.17) is 10.5 Å². The van der Waals surface area contributed by atoms with E-state index in [0.29, 0.717) is 6.04 Å². The quantitative estimate of drug-likeness (QED) is 0.809. The number of anilines is 1. The van der Waals surface area contributed by atoms with Crippen LogP contribution >= 0.6 is 0 Å². The lowest BCUT2D eigenvalue weighted by Gasteiger charge is -2.26. The third-order valence-corrected chi connectivity index (χ3v) is 4.32. The van der Waals surface area contributed by atoms with E-state index >= 15 is 0 Å². The first kappa shape index (κ1) is 15.1. The molecule has 1 aromatic carbocycles. The van der Waals surface area contributed by atoms with Gasteiger partial charge in [0.1, 0.15) is 5.75 Å². The fraction of sp³-hybridized carbons (Fsp3) is 0.625. The second-order valence-corrected chi connectivity index (χ2v) is 5.46. The van der Waals surface area contributed by atoms with Crippen LogP contribution < -0.4 is 10.5 Å². The van der Waals surface area contributed by atoms with Crippen molar-refractivity contribution in [3.05, 3.63) is 23.8 Å². The standard InChI is InChI=1S/C16H27N3O/c1-4-19(5-2)14-8-9-18(12-14)11-13-6-7-15(20-3)10-16(13)17/h6-7,10,14H,4-5,8-9,11-12,17H2,1-3H3. The van der Waals surface area contributed by atoms with Crippen LogP contribution in [0, 0.1) is 0 Å². The molecule has 2 rings (SSSR count). The van der Waals surface area contributed by atoms with Gasteiger partial charge >= 0.3 is 0 Å². The zero-order valence-corrected chi connectivity index (χ0v) is 12.9. The van der Waals surface area contributed by atoms with Gasteiger partial charge in [-0.3, -0.25) is 9.80 Å². The Kier molecular flexibility index (Phi) is 5.26. The summed E-state index contributed by atoms with van der Waals surface area (Å²) >= 11 is 0. The van der Waals surface area contributed by atoms with Gasteiger partial charge in [-0.2, -0.15) is 0 Å². The summed E-state index contributed by atoms with van der Waals surface area (Å²) in [5.41, 5.74) is 8.13. The number of rotatable bonds is 6. The molecule has 1 fully saturated rings. The molecule has 0 bridgehead atoms. The Morgan fingerprint density at radius 1 is 1.35 bits per heavy atom. The van der Waals surface area contributed by atoms with Gasteiger partial charge in [-0.1, -0.05) is 19.9 Å². The molecule has 0 spiro atoms. The molecule has 2 N–H and O–H groups in total. The molecule has 1 heterocycles. The highest BCUT2D eigenvalue weighted by Crippen LogP contribution is 2.23. The van der Waals surface area contributed by atoms with Gasteiger partial charge in [0.05, 0.1) is 7.11 Å². The SMILES string of the molecule is CCN(CC)C1CCN(Cc2ccc(OC)cc2N)C1. The maximum atomic E-state index is 6.10. The Bertz CT molecular complexity index is 432. The van der Waals surface area contributed by atoms with Crippen molar-refractivity contribution in [1.29, 1.82) is 0 Å². The summed E-state index contributed by atoms with van der Waals surface area (Å²) in [7, 11) is 1.67. The average Bonchev–Trinajstić information content (AvgIpc) is 2.91. The van der Waals surface area contributed by atoms with Crippen molar-refractivity contribution >= 4 is 5.69 Å². The molecular weight excluding hydrogens is 250 g/mol. The third-order valence-electron chi connectivity index (χ3n) is 4.32. The monoisotopic (exact) mass is 277 g/mol. The fourth-order valence-corrected chi connectivity index (χ4v) is 3.08. The summed E-state index contributed by atoms with van der Waals surface area (Å²) in [4.78, 5) is 5.05. The third kappa shape index (κ3) is 3.44. The van der Waals surface area contributed by atoms with Gasteiger partial charge in [-0.25, -0.2) is 0 Å². The van der Waals surface area contributed by atoms with Crippen LogP contribution in [-0.2, 0) is 6.54 Å². The number of likely N-dealkylation sites (tertiary alicyclic amines) is 1. The molecule has 0 amide bonds. The fourth-order valence-electron chi connectivity index (χ4n) is 3.08. The molecule has 20 heavy (non-hydrogen) atoms. The smallest absolute Gasteiger partial charge is 0.120 e. The minimum Gasteiger partial charge on any atom is -0.497 e. The minimum atomic E-state index is 0.699. The second kappa shape index (κ2) is 6.95. The maximum Gasteiger partial charge on any atom is 0.120 e. The number of benzene rings is 1. The number of likely N-dealkylation sites (N-methyl/N-ethyl adjacent to an activating group) is 1. The van der Waals surface area contributed by atoms with Crippen LogP contribution in [0.3, 0.4) is 0 Å². The van der Waals surface area contributed by atoms with Gasteiger partial charge in [0.2, 0.25) is 0 Å². The predicted molar refractivity (Wildman–Crippen MR) is 84.0 cm³/mol. The van der Waals surface area contributed by atoms with E-state index in [0.717, 1.165) is 44.2 Å². The zero-order valence-electron chi connectivity index (χ0n) is 12.9. The minimum absolute atomic E-state index is 0.699. The summed E-state index contributed by atoms with van der Waals surface area (Å²) in [5.74, 6) is 0.827. The molecule has 1 aliphatic rings. The normalized spacial score (nSPS) is 19.7. The van der Waals surface area contributed by atoms with Gasteiger partial charge in [-0.15, -0.1) is 0 Å². The van der Waals surface area contributed by atoms with Crippen LogP contribution in [0.1, 0.15) is 25.8 Å². The number of nitrogens with two attached hydrogens (primary N) is 1. The molecule has 1 aromatic rings. The molecule has 0 aromatic heterocycles. The van der Waals surface area contributed by atoms with E-state index in [1.54, 1.807) is 7.11 Å². The highest BCUT2D eigenvalue weighted by atomic mass is 16.5. The number of hydrogen-bond acceptors (Lipinski definition) is 4. The van der Waals surface area contributed by atoms with Gasteiger partial charge in [0.15, 0.2) is 0 Å². The van der Waals surface area contributed by atoms with Crippen molar-refractivity contribution in [2.75, 3.05) is 39.0 Å². The molecule has 1 aliphatic heterocycles. The van der Waals surface area contributed by atoms with Crippen LogP contribution in [0.4, 0.5) is 5.69 Å². The van der Waals surface area contributed by atoms with Gasteiger partial charge in [0, 0.05) is 37.4 Å². The molecular formula is C16H27N3O. The predicted octanol–water partition coefficient (Wildman–Crippen LogP) is 2.19. The van der Waals surface area contributed by atoms with E-state index < -0.39 is 0 Å². The molecule has 4 nitrogen and oxygen atoms in total. The largest absolute Gasteiger partial charge is 0.497 e. The number of ether oxygens (including phenoxy) is 1. The molecule has 112 valence electrons. The summed E-state index contributed by atoms with van der Waals surface area (Å²) in [5, 5.41) is 0. The van der Waals surface area contributed by atoms with E-state index in [1.807, 2.05) is 12.1 Å². The van der Waals surface area contributed by atoms with Crippen molar-refractivity contribution in [3.63, 3.8) is 0 Å². The lowest BCUT2D eigenvalue weighted by atomic mass is 10.1. The van der Waals surface area contributed by atoms with Crippen molar-refractivity contribution in [2.24, 2.45) is 0 Å². The van der Waals surface area contributed by atoms with Gasteiger partial charge in [0.25, 0.3) is 0 Å². The molecule has 1 unspecified atom stereocenters. The molecule has 4 heteroatoms. The number of methoxy groups -OCH3 is 1. The first-order valence-electron chi connectivity index (χ1n) is 7.56. The van der Waals surface area contributed by atoms with E-state index in [1.165, 1.54) is 12.0 Å². The Morgan fingerprint density at radius 3 is 2.70 bits per heavy atom. The number of nitrogen functional groups attached to an aromatic ring is 1. The first-order valence-corrected chi connectivity index (χ1v) is 7.56. The van der Waals surface area contributed by atoms with Gasteiger partial charge < -0.3 is 10.5 Å². The van der Waals surface area contributed by atoms with Crippen molar-refractivity contribution < 1.29 is 4.74 Å².